The zero-order valence-electron chi connectivity index (χ0n) is 12.9. The number of nitrogens with one attached hydrogen (secondary N) is 1. The van der Waals surface area contributed by atoms with Crippen LogP contribution in [0, 0.1) is 12.8 Å². The first-order valence-corrected chi connectivity index (χ1v) is 7.79. The SMILES string of the molecule is CCC(CC)C(O)CNCC1Cc2cc(C)ccc2O1. The monoisotopic (exact) mass is 277 g/mol. The summed E-state index contributed by atoms with van der Waals surface area (Å²) in [5.74, 6) is 1.41. The first-order chi connectivity index (χ1) is 9.63. The van der Waals surface area contributed by atoms with Gasteiger partial charge in [0.15, 0.2) is 0 Å². The van der Waals surface area contributed by atoms with E-state index in [1.165, 1.54) is 11.1 Å². The van der Waals surface area contributed by atoms with Gasteiger partial charge < -0.3 is 15.2 Å². The third-order valence-electron chi connectivity index (χ3n) is 4.28. The lowest BCUT2D eigenvalue weighted by Gasteiger charge is -2.21. The van der Waals surface area contributed by atoms with Gasteiger partial charge in [-0.2, -0.15) is 0 Å². The zero-order chi connectivity index (χ0) is 14.5. The summed E-state index contributed by atoms with van der Waals surface area (Å²) >= 11 is 0. The fraction of sp³-hybridized carbons (Fsp3) is 0.647. The van der Waals surface area contributed by atoms with Gasteiger partial charge in [0, 0.05) is 19.5 Å². The predicted octanol–water partition coefficient (Wildman–Crippen LogP) is 2.69. The molecule has 0 saturated carbocycles. The molecule has 0 aromatic heterocycles. The Morgan fingerprint density at radius 3 is 2.80 bits per heavy atom. The summed E-state index contributed by atoms with van der Waals surface area (Å²) in [6.07, 6.45) is 2.97. The molecule has 112 valence electrons. The minimum absolute atomic E-state index is 0.195. The van der Waals surface area contributed by atoms with Crippen LogP contribution < -0.4 is 10.1 Å². The summed E-state index contributed by atoms with van der Waals surface area (Å²) in [7, 11) is 0. The number of ether oxygens (including phenoxy) is 1. The molecule has 3 heteroatoms. The molecule has 20 heavy (non-hydrogen) atoms. The van der Waals surface area contributed by atoms with Crippen molar-refractivity contribution in [2.75, 3.05) is 13.1 Å². The Labute approximate surface area is 122 Å². The van der Waals surface area contributed by atoms with Gasteiger partial charge in [-0.25, -0.2) is 0 Å². The second-order valence-electron chi connectivity index (χ2n) is 5.86. The Kier molecular flexibility index (Phi) is 5.44. The lowest BCUT2D eigenvalue weighted by atomic mass is 9.96. The summed E-state index contributed by atoms with van der Waals surface area (Å²) < 4.78 is 5.91. The molecule has 0 saturated heterocycles. The van der Waals surface area contributed by atoms with Gasteiger partial charge in [-0.3, -0.25) is 0 Å². The van der Waals surface area contributed by atoms with E-state index in [1.807, 2.05) is 0 Å². The molecule has 0 bridgehead atoms. The van der Waals surface area contributed by atoms with Gasteiger partial charge in [0.2, 0.25) is 0 Å². The van der Waals surface area contributed by atoms with Crippen molar-refractivity contribution in [1.82, 2.24) is 5.32 Å². The highest BCUT2D eigenvalue weighted by molar-refractivity contribution is 5.40. The van der Waals surface area contributed by atoms with Gasteiger partial charge in [0.1, 0.15) is 11.9 Å². The Hall–Kier alpha value is -1.06. The van der Waals surface area contributed by atoms with E-state index < -0.39 is 0 Å². The molecular weight excluding hydrogens is 250 g/mol. The first kappa shape index (κ1) is 15.3. The molecular formula is C17H27NO2. The van der Waals surface area contributed by atoms with E-state index >= 15 is 0 Å². The summed E-state index contributed by atoms with van der Waals surface area (Å²) in [6, 6.07) is 6.35. The summed E-state index contributed by atoms with van der Waals surface area (Å²) in [5, 5.41) is 13.4. The van der Waals surface area contributed by atoms with Crippen molar-refractivity contribution in [3.05, 3.63) is 29.3 Å². The van der Waals surface area contributed by atoms with Gasteiger partial charge in [-0.15, -0.1) is 0 Å². The van der Waals surface area contributed by atoms with Crippen LogP contribution in [-0.2, 0) is 6.42 Å². The second-order valence-corrected chi connectivity index (χ2v) is 5.86. The van der Waals surface area contributed by atoms with Crippen LogP contribution in [0.3, 0.4) is 0 Å². The van der Waals surface area contributed by atoms with Crippen molar-refractivity contribution < 1.29 is 9.84 Å². The van der Waals surface area contributed by atoms with Crippen LogP contribution >= 0.6 is 0 Å². The van der Waals surface area contributed by atoms with Gasteiger partial charge in [-0.1, -0.05) is 44.4 Å². The van der Waals surface area contributed by atoms with Crippen molar-refractivity contribution in [2.45, 2.75) is 52.2 Å². The van der Waals surface area contributed by atoms with E-state index in [0.29, 0.717) is 12.5 Å². The summed E-state index contributed by atoms with van der Waals surface area (Å²) in [6.45, 7) is 7.83. The largest absolute Gasteiger partial charge is 0.488 e. The van der Waals surface area contributed by atoms with Crippen molar-refractivity contribution in [3.8, 4) is 5.75 Å². The zero-order valence-corrected chi connectivity index (χ0v) is 12.9. The molecule has 1 aromatic rings. The van der Waals surface area contributed by atoms with Crippen LogP contribution in [0.15, 0.2) is 18.2 Å². The van der Waals surface area contributed by atoms with E-state index in [4.69, 9.17) is 4.74 Å². The van der Waals surface area contributed by atoms with Crippen LogP contribution in [0.1, 0.15) is 37.8 Å². The number of aliphatic hydroxyl groups is 1. The highest BCUT2D eigenvalue weighted by Gasteiger charge is 2.23. The molecule has 2 unspecified atom stereocenters. The molecule has 2 atom stereocenters. The number of hydrogen-bond donors (Lipinski definition) is 2. The molecule has 0 amide bonds. The highest BCUT2D eigenvalue weighted by Crippen LogP contribution is 2.29. The minimum atomic E-state index is -0.254. The average molecular weight is 277 g/mol. The second kappa shape index (κ2) is 7.09. The quantitative estimate of drug-likeness (QED) is 0.805. The van der Waals surface area contributed by atoms with Crippen LogP contribution in [0.5, 0.6) is 5.75 Å². The van der Waals surface area contributed by atoms with E-state index in [-0.39, 0.29) is 12.2 Å². The molecule has 1 aliphatic rings. The van der Waals surface area contributed by atoms with Gasteiger partial charge in [-0.05, 0) is 24.5 Å². The standard InChI is InChI=1S/C17H27NO2/c1-4-13(5-2)16(19)11-18-10-15-9-14-8-12(3)6-7-17(14)20-15/h6-8,13,15-16,18-19H,4-5,9-11H2,1-3H3. The molecule has 0 spiro atoms. The van der Waals surface area contributed by atoms with Crippen molar-refractivity contribution in [2.24, 2.45) is 5.92 Å². The van der Waals surface area contributed by atoms with Gasteiger partial charge in [0.05, 0.1) is 6.10 Å². The van der Waals surface area contributed by atoms with E-state index in [9.17, 15) is 5.11 Å². The van der Waals surface area contributed by atoms with E-state index in [2.05, 4.69) is 44.3 Å². The predicted molar refractivity (Wildman–Crippen MR) is 82.2 cm³/mol. The molecule has 1 aromatic carbocycles. The topological polar surface area (TPSA) is 41.5 Å². The van der Waals surface area contributed by atoms with Gasteiger partial charge >= 0.3 is 0 Å². The van der Waals surface area contributed by atoms with Crippen molar-refractivity contribution >= 4 is 0 Å². The molecule has 1 aliphatic heterocycles. The third kappa shape index (κ3) is 3.74. The molecule has 0 fully saturated rings. The number of benzene rings is 1. The molecule has 2 N–H and O–H groups in total. The summed E-state index contributed by atoms with van der Waals surface area (Å²) in [5.41, 5.74) is 2.59. The normalized spacial score (nSPS) is 18.9. The lowest BCUT2D eigenvalue weighted by molar-refractivity contribution is 0.0978. The molecule has 0 aliphatic carbocycles. The number of hydrogen-bond acceptors (Lipinski definition) is 3. The number of rotatable bonds is 7. The maximum absolute atomic E-state index is 10.1. The molecule has 2 rings (SSSR count). The maximum Gasteiger partial charge on any atom is 0.123 e. The smallest absolute Gasteiger partial charge is 0.123 e. The number of fused-ring (bicyclic) bond motifs is 1. The van der Waals surface area contributed by atoms with Crippen LogP contribution in [0.2, 0.25) is 0 Å². The Morgan fingerprint density at radius 2 is 2.10 bits per heavy atom. The Bertz CT molecular complexity index is 429. The molecule has 0 radical (unpaired) electrons. The van der Waals surface area contributed by atoms with Crippen molar-refractivity contribution in [1.29, 1.82) is 0 Å². The van der Waals surface area contributed by atoms with Crippen molar-refractivity contribution in [3.63, 3.8) is 0 Å². The van der Waals surface area contributed by atoms with E-state index in [0.717, 1.165) is 31.6 Å². The number of aliphatic hydroxyl groups excluding tert-OH is 1. The van der Waals surface area contributed by atoms with Crippen LogP contribution in [-0.4, -0.2) is 30.4 Å². The Morgan fingerprint density at radius 1 is 1.35 bits per heavy atom. The first-order valence-electron chi connectivity index (χ1n) is 7.79. The fourth-order valence-electron chi connectivity index (χ4n) is 2.95. The highest BCUT2D eigenvalue weighted by atomic mass is 16.5. The average Bonchev–Trinajstić information content (AvgIpc) is 2.82. The molecule has 1 heterocycles. The molecule has 3 nitrogen and oxygen atoms in total. The van der Waals surface area contributed by atoms with Gasteiger partial charge in [0.25, 0.3) is 0 Å². The minimum Gasteiger partial charge on any atom is -0.488 e. The third-order valence-corrected chi connectivity index (χ3v) is 4.28. The van der Waals surface area contributed by atoms with Crippen LogP contribution in [0.25, 0.3) is 0 Å². The Balaban J connectivity index is 1.75. The summed E-state index contributed by atoms with van der Waals surface area (Å²) in [4.78, 5) is 0. The fourth-order valence-corrected chi connectivity index (χ4v) is 2.95. The lowest BCUT2D eigenvalue weighted by Crippen LogP contribution is -2.37. The maximum atomic E-state index is 10.1. The number of aryl methyl sites for hydroxylation is 1. The van der Waals surface area contributed by atoms with Crippen LogP contribution in [0.4, 0.5) is 0 Å². The van der Waals surface area contributed by atoms with E-state index in [1.54, 1.807) is 0 Å².